The Labute approximate surface area is 115 Å². The van der Waals surface area contributed by atoms with Gasteiger partial charge in [0.1, 0.15) is 6.54 Å². The van der Waals surface area contributed by atoms with Gasteiger partial charge in [-0.15, -0.1) is 0 Å². The summed E-state index contributed by atoms with van der Waals surface area (Å²) in [4.78, 5) is 13.0. The van der Waals surface area contributed by atoms with Gasteiger partial charge >= 0.3 is 5.97 Å². The molecular weight excluding hydrogens is 238 g/mol. The third-order valence-electron chi connectivity index (χ3n) is 3.91. The lowest BCUT2D eigenvalue weighted by molar-refractivity contribution is -0.925. The molecule has 0 bridgehead atoms. The second-order valence-electron chi connectivity index (χ2n) is 5.97. The summed E-state index contributed by atoms with van der Waals surface area (Å²) in [6.45, 7) is 8.24. The predicted molar refractivity (Wildman–Crippen MR) is 75.1 cm³/mol. The average Bonchev–Trinajstić information content (AvgIpc) is 2.37. The van der Waals surface area contributed by atoms with Crippen LogP contribution in [-0.2, 0) is 11.3 Å². The number of methoxy groups -OCH3 is 1. The molecule has 0 saturated carbocycles. The van der Waals surface area contributed by atoms with E-state index in [1.54, 1.807) is 4.90 Å². The van der Waals surface area contributed by atoms with E-state index in [0.717, 1.165) is 18.4 Å². The fraction of sp³-hybridized carbons (Fsp3) is 0.562. The molecule has 104 valence electrons. The normalized spacial score (nSPS) is 27.0. The highest BCUT2D eigenvalue weighted by atomic mass is 16.5. The lowest BCUT2D eigenvalue weighted by Gasteiger charge is -2.32. The number of esters is 1. The minimum Gasteiger partial charge on any atom is -0.465 e. The Morgan fingerprint density at radius 3 is 2.32 bits per heavy atom. The summed E-state index contributed by atoms with van der Waals surface area (Å²) in [5, 5.41) is 0. The summed E-state index contributed by atoms with van der Waals surface area (Å²) in [5.41, 5.74) is 1.92. The topological polar surface area (TPSA) is 30.7 Å². The van der Waals surface area contributed by atoms with Crippen LogP contribution < -0.4 is 4.90 Å². The van der Waals surface area contributed by atoms with Crippen molar-refractivity contribution >= 4 is 5.97 Å². The van der Waals surface area contributed by atoms with E-state index in [0.29, 0.717) is 5.56 Å². The smallest absolute Gasteiger partial charge is 0.337 e. The molecule has 0 spiro atoms. The number of likely N-dealkylation sites (tertiary alicyclic amines) is 1. The number of hydrogen-bond donors (Lipinski definition) is 1. The largest absolute Gasteiger partial charge is 0.465 e. The van der Waals surface area contributed by atoms with Gasteiger partial charge in [-0.3, -0.25) is 0 Å². The summed E-state index contributed by atoms with van der Waals surface area (Å²) in [5.74, 6) is 1.36. The van der Waals surface area contributed by atoms with E-state index in [4.69, 9.17) is 4.74 Å². The van der Waals surface area contributed by atoms with Crippen molar-refractivity contribution in [3.05, 3.63) is 35.4 Å². The van der Waals surface area contributed by atoms with Crippen molar-refractivity contribution < 1.29 is 14.4 Å². The van der Waals surface area contributed by atoms with Gasteiger partial charge in [-0.05, 0) is 18.6 Å². The number of piperidine rings is 1. The minimum absolute atomic E-state index is 0.265. The van der Waals surface area contributed by atoms with Crippen molar-refractivity contribution in [2.75, 3.05) is 20.2 Å². The van der Waals surface area contributed by atoms with Crippen LogP contribution in [0.1, 0.15) is 36.2 Å². The molecule has 1 heterocycles. The second-order valence-corrected chi connectivity index (χ2v) is 5.97. The molecule has 0 unspecified atom stereocenters. The number of hydrogen-bond acceptors (Lipinski definition) is 2. The van der Waals surface area contributed by atoms with Gasteiger partial charge in [0.15, 0.2) is 0 Å². The zero-order chi connectivity index (χ0) is 13.8. The maximum atomic E-state index is 11.4. The van der Waals surface area contributed by atoms with Crippen molar-refractivity contribution in [1.29, 1.82) is 0 Å². The Bertz CT molecular complexity index is 417. The van der Waals surface area contributed by atoms with Gasteiger partial charge in [0.2, 0.25) is 0 Å². The predicted octanol–water partition coefficient (Wildman–Crippen LogP) is 1.53. The fourth-order valence-corrected chi connectivity index (χ4v) is 3.23. The van der Waals surface area contributed by atoms with E-state index in [2.05, 4.69) is 13.8 Å². The first kappa shape index (κ1) is 14.1. The number of benzene rings is 1. The summed E-state index contributed by atoms with van der Waals surface area (Å²) < 4.78 is 4.71. The van der Waals surface area contributed by atoms with E-state index in [-0.39, 0.29) is 5.97 Å². The molecule has 3 nitrogen and oxygen atoms in total. The minimum atomic E-state index is -0.265. The molecule has 1 N–H and O–H groups in total. The van der Waals surface area contributed by atoms with Crippen LogP contribution in [-0.4, -0.2) is 26.2 Å². The molecule has 1 fully saturated rings. The molecule has 1 aromatic rings. The standard InChI is InChI=1S/C16H23NO2/c1-12-8-13(2)10-17(9-12)11-14-4-6-15(7-5-14)16(18)19-3/h4-7,12-13H,8-11H2,1-3H3/p+1/t12-,13-/m0/s1. The molecule has 0 aliphatic carbocycles. The van der Waals surface area contributed by atoms with Crippen LogP contribution in [0.15, 0.2) is 24.3 Å². The summed E-state index contributed by atoms with van der Waals surface area (Å²) in [6, 6.07) is 7.81. The quantitative estimate of drug-likeness (QED) is 0.838. The molecule has 2 atom stereocenters. The van der Waals surface area contributed by atoms with Gasteiger partial charge < -0.3 is 9.64 Å². The number of quaternary nitrogens is 1. The number of nitrogens with one attached hydrogen (secondary N) is 1. The number of rotatable bonds is 3. The summed E-state index contributed by atoms with van der Waals surface area (Å²) >= 11 is 0. The Hall–Kier alpha value is -1.35. The van der Waals surface area contributed by atoms with Crippen LogP contribution in [0.4, 0.5) is 0 Å². The third kappa shape index (κ3) is 3.80. The van der Waals surface area contributed by atoms with Crippen LogP contribution >= 0.6 is 0 Å². The molecular formula is C16H24NO2+. The average molecular weight is 262 g/mol. The lowest BCUT2D eigenvalue weighted by atomic mass is 9.91. The summed E-state index contributed by atoms with van der Waals surface area (Å²) in [6.07, 6.45) is 1.35. The second kappa shape index (κ2) is 6.20. The fourth-order valence-electron chi connectivity index (χ4n) is 3.23. The van der Waals surface area contributed by atoms with Crippen molar-refractivity contribution in [3.63, 3.8) is 0 Å². The van der Waals surface area contributed by atoms with Crippen molar-refractivity contribution in [3.8, 4) is 0 Å². The SMILES string of the molecule is COC(=O)c1ccc(C[NH+]2C[C@@H](C)C[C@H](C)C2)cc1. The molecule has 1 aliphatic heterocycles. The Morgan fingerprint density at radius 2 is 1.79 bits per heavy atom. The van der Waals surface area contributed by atoms with Crippen LogP contribution in [0.5, 0.6) is 0 Å². The first-order chi connectivity index (χ1) is 9.08. The molecule has 0 aromatic heterocycles. The Balaban J connectivity index is 1.97. The molecule has 2 rings (SSSR count). The third-order valence-corrected chi connectivity index (χ3v) is 3.91. The molecule has 0 radical (unpaired) electrons. The zero-order valence-corrected chi connectivity index (χ0v) is 12.1. The van der Waals surface area contributed by atoms with Gasteiger partial charge in [-0.1, -0.05) is 26.0 Å². The summed E-state index contributed by atoms with van der Waals surface area (Å²) in [7, 11) is 1.41. The molecule has 1 aliphatic rings. The van der Waals surface area contributed by atoms with Gasteiger partial charge in [0, 0.05) is 17.4 Å². The molecule has 1 saturated heterocycles. The molecule has 0 amide bonds. The zero-order valence-electron chi connectivity index (χ0n) is 12.1. The van der Waals surface area contributed by atoms with Gasteiger partial charge in [-0.2, -0.15) is 0 Å². The van der Waals surface area contributed by atoms with E-state index in [1.807, 2.05) is 24.3 Å². The van der Waals surface area contributed by atoms with E-state index in [9.17, 15) is 4.79 Å². The molecule has 19 heavy (non-hydrogen) atoms. The van der Waals surface area contributed by atoms with E-state index in [1.165, 1.54) is 32.2 Å². The van der Waals surface area contributed by atoms with Crippen molar-refractivity contribution in [2.24, 2.45) is 11.8 Å². The van der Waals surface area contributed by atoms with Crippen LogP contribution in [0.3, 0.4) is 0 Å². The first-order valence-electron chi connectivity index (χ1n) is 7.09. The maximum Gasteiger partial charge on any atom is 0.337 e. The maximum absolute atomic E-state index is 11.4. The highest BCUT2D eigenvalue weighted by Gasteiger charge is 2.24. The highest BCUT2D eigenvalue weighted by Crippen LogP contribution is 2.13. The Kier molecular flexibility index (Phi) is 4.59. The van der Waals surface area contributed by atoms with Crippen LogP contribution in [0.2, 0.25) is 0 Å². The Morgan fingerprint density at radius 1 is 1.21 bits per heavy atom. The van der Waals surface area contributed by atoms with Gasteiger partial charge in [-0.25, -0.2) is 4.79 Å². The first-order valence-corrected chi connectivity index (χ1v) is 7.09. The number of carbonyl (C=O) groups excluding carboxylic acids is 1. The van der Waals surface area contributed by atoms with Crippen molar-refractivity contribution in [2.45, 2.75) is 26.8 Å². The van der Waals surface area contributed by atoms with Crippen molar-refractivity contribution in [1.82, 2.24) is 0 Å². The number of ether oxygens (including phenoxy) is 1. The highest BCUT2D eigenvalue weighted by molar-refractivity contribution is 5.89. The number of carbonyl (C=O) groups is 1. The molecule has 1 aromatic carbocycles. The lowest BCUT2D eigenvalue weighted by Crippen LogP contribution is -3.13. The van der Waals surface area contributed by atoms with Crippen LogP contribution in [0, 0.1) is 11.8 Å². The monoisotopic (exact) mass is 262 g/mol. The molecule has 3 heteroatoms. The van der Waals surface area contributed by atoms with Crippen LogP contribution in [0.25, 0.3) is 0 Å². The van der Waals surface area contributed by atoms with Gasteiger partial charge in [0.05, 0.1) is 25.8 Å². The van der Waals surface area contributed by atoms with E-state index < -0.39 is 0 Å². The van der Waals surface area contributed by atoms with E-state index >= 15 is 0 Å². The van der Waals surface area contributed by atoms with Gasteiger partial charge in [0.25, 0.3) is 0 Å².